The van der Waals surface area contributed by atoms with Crippen LogP contribution in [-0.4, -0.2) is 17.5 Å². The van der Waals surface area contributed by atoms with Gasteiger partial charge in [-0.25, -0.2) is 4.79 Å². The summed E-state index contributed by atoms with van der Waals surface area (Å²) in [5, 5.41) is 4.02. The van der Waals surface area contributed by atoms with Crippen molar-refractivity contribution >= 4 is 34.8 Å². The van der Waals surface area contributed by atoms with Crippen molar-refractivity contribution in [2.45, 2.75) is 32.6 Å². The first-order valence-electron chi connectivity index (χ1n) is 12.2. The highest BCUT2D eigenvalue weighted by molar-refractivity contribution is 6.30. The van der Waals surface area contributed by atoms with Gasteiger partial charge in [-0.1, -0.05) is 61.8 Å². The molecule has 6 heteroatoms. The molecule has 1 N–H and O–H groups in total. The van der Waals surface area contributed by atoms with Gasteiger partial charge in [0.25, 0.3) is 0 Å². The van der Waals surface area contributed by atoms with Crippen molar-refractivity contribution in [1.29, 1.82) is 0 Å². The van der Waals surface area contributed by atoms with Crippen LogP contribution in [0.1, 0.15) is 64.4 Å². The minimum Gasteiger partial charge on any atom is -0.423 e. The first-order chi connectivity index (χ1) is 17.7. The number of ketones is 2. The van der Waals surface area contributed by atoms with E-state index in [-0.39, 0.29) is 17.0 Å². The van der Waals surface area contributed by atoms with Crippen LogP contribution in [0.5, 0.6) is 5.75 Å². The Morgan fingerprint density at radius 1 is 0.892 bits per heavy atom. The van der Waals surface area contributed by atoms with E-state index in [0.717, 1.165) is 22.5 Å². The van der Waals surface area contributed by atoms with Gasteiger partial charge in [0.15, 0.2) is 11.6 Å². The Kier molecular flexibility index (Phi) is 5.42. The van der Waals surface area contributed by atoms with E-state index in [2.05, 4.69) is 19.2 Å². The molecule has 0 aromatic heterocycles. The molecule has 6 rings (SSSR count). The summed E-state index contributed by atoms with van der Waals surface area (Å²) >= 11 is 5.91. The van der Waals surface area contributed by atoms with Crippen LogP contribution in [0.3, 0.4) is 0 Å². The average molecular weight is 510 g/mol. The van der Waals surface area contributed by atoms with Crippen LogP contribution in [0.4, 0.5) is 0 Å². The van der Waals surface area contributed by atoms with E-state index in [1.165, 1.54) is 0 Å². The quantitative estimate of drug-likeness (QED) is 0.322. The Morgan fingerprint density at radius 2 is 1.57 bits per heavy atom. The summed E-state index contributed by atoms with van der Waals surface area (Å²) in [5.74, 6) is -0.621. The molecule has 0 fully saturated rings. The molecule has 1 atom stereocenters. The fraction of sp³-hybridized carbons (Fsp3) is 0.194. The van der Waals surface area contributed by atoms with E-state index in [0.29, 0.717) is 45.9 Å². The highest BCUT2D eigenvalue weighted by atomic mass is 35.5. The number of esters is 1. The average Bonchev–Trinajstić information content (AvgIpc) is 3.15. The van der Waals surface area contributed by atoms with Gasteiger partial charge in [0.05, 0.1) is 11.3 Å². The summed E-state index contributed by atoms with van der Waals surface area (Å²) in [6.07, 6.45) is 1.14. The van der Waals surface area contributed by atoms with Gasteiger partial charge in [-0.3, -0.25) is 9.59 Å². The number of allylic oxidation sites excluding steroid dienone is 3. The number of dihydropyridines is 1. The molecule has 0 bridgehead atoms. The Morgan fingerprint density at radius 3 is 2.27 bits per heavy atom. The lowest BCUT2D eigenvalue weighted by atomic mass is 9.68. The maximum atomic E-state index is 13.6. The molecule has 3 aromatic rings. The summed E-state index contributed by atoms with van der Waals surface area (Å²) in [6, 6.07) is 21.1. The summed E-state index contributed by atoms with van der Waals surface area (Å²) in [7, 11) is 0. The fourth-order valence-corrected chi connectivity index (χ4v) is 5.73. The number of hydrogen-bond acceptors (Lipinski definition) is 5. The number of rotatable bonds is 3. The molecule has 0 radical (unpaired) electrons. The van der Waals surface area contributed by atoms with Crippen LogP contribution < -0.4 is 10.1 Å². The number of carbonyl (C=O) groups excluding carboxylic acids is 3. The third-order valence-electron chi connectivity index (χ3n) is 7.23. The number of nitrogens with one attached hydrogen (secondary N) is 1. The van der Waals surface area contributed by atoms with Crippen LogP contribution in [0.2, 0.25) is 5.02 Å². The van der Waals surface area contributed by atoms with Crippen LogP contribution in [0.25, 0.3) is 5.70 Å². The van der Waals surface area contributed by atoms with E-state index in [1.807, 2.05) is 36.4 Å². The van der Waals surface area contributed by atoms with Gasteiger partial charge in [-0.2, -0.15) is 0 Å². The van der Waals surface area contributed by atoms with E-state index >= 15 is 0 Å². The zero-order valence-electron chi connectivity index (χ0n) is 20.4. The lowest BCUT2D eigenvalue weighted by Crippen LogP contribution is -2.37. The molecule has 37 heavy (non-hydrogen) atoms. The molecule has 0 saturated heterocycles. The summed E-state index contributed by atoms with van der Waals surface area (Å²) in [6.45, 7) is 4.18. The molecule has 0 amide bonds. The Bertz CT molecular complexity index is 1540. The number of hydrogen-bond donors (Lipinski definition) is 1. The van der Waals surface area contributed by atoms with Crippen molar-refractivity contribution < 1.29 is 19.1 Å². The summed E-state index contributed by atoms with van der Waals surface area (Å²) in [4.78, 5) is 39.6. The normalized spacial score (nSPS) is 19.7. The van der Waals surface area contributed by atoms with Gasteiger partial charge in [-0.15, -0.1) is 0 Å². The van der Waals surface area contributed by atoms with Gasteiger partial charge >= 0.3 is 5.97 Å². The lowest BCUT2D eigenvalue weighted by molar-refractivity contribution is -0.118. The topological polar surface area (TPSA) is 72.5 Å². The maximum absolute atomic E-state index is 13.6. The third-order valence-corrected chi connectivity index (χ3v) is 7.48. The molecule has 0 spiro atoms. The monoisotopic (exact) mass is 509 g/mol. The highest BCUT2D eigenvalue weighted by Crippen LogP contribution is 2.51. The molecular formula is C31H24ClNO4. The van der Waals surface area contributed by atoms with Crippen LogP contribution >= 0.6 is 11.6 Å². The maximum Gasteiger partial charge on any atom is 0.343 e. The van der Waals surface area contributed by atoms with Gasteiger partial charge in [0.2, 0.25) is 0 Å². The standard InChI is InChI=1S/C31H24ClNO4/c1-31(2)15-23-26(24(34)16-31)25(27-28(33-23)21-5-3-4-6-22(21)29(27)35)17-9-13-20(14-10-17)37-30(36)18-7-11-19(32)12-8-18/h3-14,25,33H,15-16H2,1-2H3. The minimum absolute atomic E-state index is 0.0531. The number of Topliss-reactive ketones (excluding diaryl/α,β-unsaturated/α-hetero) is 2. The second-order valence-corrected chi connectivity index (χ2v) is 11.0. The number of carbonyl (C=O) groups is 3. The van der Waals surface area contributed by atoms with Crippen molar-refractivity contribution in [2.24, 2.45) is 5.41 Å². The molecule has 1 unspecified atom stereocenters. The van der Waals surface area contributed by atoms with E-state index in [1.54, 1.807) is 36.4 Å². The molecule has 184 valence electrons. The molecule has 0 saturated carbocycles. The number of benzene rings is 3. The lowest BCUT2D eigenvalue weighted by Gasteiger charge is -2.39. The molecule has 3 aromatic carbocycles. The third kappa shape index (κ3) is 4.00. The molecule has 5 nitrogen and oxygen atoms in total. The van der Waals surface area contributed by atoms with Crippen molar-refractivity contribution in [1.82, 2.24) is 5.32 Å². The van der Waals surface area contributed by atoms with Crippen LogP contribution in [-0.2, 0) is 4.79 Å². The smallest absolute Gasteiger partial charge is 0.343 e. The SMILES string of the molecule is CC1(C)CC(=O)C2=C(C1)NC1=C(C(=O)c3ccccc31)C2c1ccc(OC(=O)c2ccc(Cl)cc2)cc1. The Labute approximate surface area is 219 Å². The predicted molar refractivity (Wildman–Crippen MR) is 141 cm³/mol. The zero-order chi connectivity index (χ0) is 25.9. The van der Waals surface area contributed by atoms with Crippen molar-refractivity contribution in [3.63, 3.8) is 0 Å². The van der Waals surface area contributed by atoms with Crippen molar-refractivity contribution in [3.05, 3.63) is 117 Å². The molecule has 2 aliphatic carbocycles. The van der Waals surface area contributed by atoms with Crippen molar-refractivity contribution in [3.8, 4) is 5.75 Å². The Hall–Kier alpha value is -3.96. The summed E-state index contributed by atoms with van der Waals surface area (Å²) in [5.41, 5.74) is 5.45. The highest BCUT2D eigenvalue weighted by Gasteiger charge is 2.46. The number of halogens is 1. The largest absolute Gasteiger partial charge is 0.423 e. The summed E-state index contributed by atoms with van der Waals surface area (Å²) < 4.78 is 5.54. The second kappa shape index (κ2) is 8.56. The first-order valence-corrected chi connectivity index (χ1v) is 12.6. The van der Waals surface area contributed by atoms with E-state index < -0.39 is 11.9 Å². The zero-order valence-corrected chi connectivity index (χ0v) is 21.2. The van der Waals surface area contributed by atoms with E-state index in [4.69, 9.17) is 16.3 Å². The van der Waals surface area contributed by atoms with Gasteiger partial charge in [0, 0.05) is 45.3 Å². The predicted octanol–water partition coefficient (Wildman–Crippen LogP) is 6.50. The first kappa shape index (κ1) is 23.4. The molecule has 3 aliphatic rings. The van der Waals surface area contributed by atoms with E-state index in [9.17, 15) is 14.4 Å². The van der Waals surface area contributed by atoms with Gasteiger partial charge in [-0.05, 0) is 53.8 Å². The van der Waals surface area contributed by atoms with Crippen LogP contribution in [0.15, 0.2) is 89.6 Å². The number of ether oxygens (including phenoxy) is 1. The second-order valence-electron chi connectivity index (χ2n) is 10.5. The molecule has 1 aliphatic heterocycles. The molecular weight excluding hydrogens is 486 g/mol. The van der Waals surface area contributed by atoms with Gasteiger partial charge < -0.3 is 10.1 Å². The Balaban J connectivity index is 1.39. The number of fused-ring (bicyclic) bond motifs is 2. The minimum atomic E-state index is -0.493. The molecule has 1 heterocycles. The van der Waals surface area contributed by atoms with Crippen molar-refractivity contribution in [2.75, 3.05) is 0 Å². The fourth-order valence-electron chi connectivity index (χ4n) is 5.60. The van der Waals surface area contributed by atoms with Crippen LogP contribution in [0, 0.1) is 5.41 Å². The van der Waals surface area contributed by atoms with Gasteiger partial charge in [0.1, 0.15) is 5.75 Å².